The van der Waals surface area contributed by atoms with Gasteiger partial charge in [-0.2, -0.15) is 0 Å². The van der Waals surface area contributed by atoms with Crippen molar-refractivity contribution in [3.63, 3.8) is 0 Å². The van der Waals surface area contributed by atoms with Crippen LogP contribution in [-0.2, 0) is 4.74 Å². The van der Waals surface area contributed by atoms with Crippen molar-refractivity contribution in [2.75, 3.05) is 37.7 Å². The van der Waals surface area contributed by atoms with Gasteiger partial charge in [0.1, 0.15) is 11.4 Å². The number of rotatable bonds is 3. The Bertz CT molecular complexity index is 395. The lowest BCUT2D eigenvalue weighted by molar-refractivity contribution is 0.0526. The molecule has 18 heavy (non-hydrogen) atoms. The molecule has 0 bridgehead atoms. The van der Waals surface area contributed by atoms with E-state index in [1.54, 1.807) is 25.3 Å². The Morgan fingerprint density at radius 3 is 2.89 bits per heavy atom. The van der Waals surface area contributed by atoms with Crippen LogP contribution in [0.25, 0.3) is 0 Å². The third kappa shape index (κ3) is 3.34. The summed E-state index contributed by atoms with van der Waals surface area (Å²) in [5, 5.41) is 3.27. The number of halogens is 1. The smallest absolute Gasteiger partial charge is 0.341 e. The van der Waals surface area contributed by atoms with Crippen molar-refractivity contribution >= 4 is 24.2 Å². The van der Waals surface area contributed by atoms with Gasteiger partial charge in [-0.25, -0.2) is 9.78 Å². The van der Waals surface area contributed by atoms with Gasteiger partial charge in [-0.15, -0.1) is 12.4 Å². The molecule has 0 unspecified atom stereocenters. The molecule has 1 fully saturated rings. The number of carbonyl (C=O) groups excluding carboxylic acids is 1. The van der Waals surface area contributed by atoms with Crippen LogP contribution < -0.4 is 10.2 Å². The number of pyridine rings is 1. The fourth-order valence-corrected chi connectivity index (χ4v) is 1.89. The summed E-state index contributed by atoms with van der Waals surface area (Å²) in [5.74, 6) is 0.432. The van der Waals surface area contributed by atoms with Crippen LogP contribution in [0.2, 0.25) is 0 Å². The molecule has 0 saturated carbocycles. The second kappa shape index (κ2) is 7.18. The minimum absolute atomic E-state index is 0. The predicted octanol–water partition coefficient (Wildman–Crippen LogP) is 1.09. The van der Waals surface area contributed by atoms with E-state index < -0.39 is 0 Å². The van der Waals surface area contributed by atoms with E-state index in [4.69, 9.17) is 4.74 Å². The average molecular weight is 272 g/mol. The summed E-state index contributed by atoms with van der Waals surface area (Å²) in [6, 6.07) is 3.53. The molecule has 6 heteroatoms. The highest BCUT2D eigenvalue weighted by molar-refractivity contribution is 5.94. The van der Waals surface area contributed by atoms with E-state index in [-0.39, 0.29) is 18.4 Å². The minimum atomic E-state index is -0.297. The standard InChI is InChI=1S/C12H17N3O2.ClH/c1-2-17-12(16)10-4-3-5-14-11(10)15-8-6-13-7-9-15;/h3-5,13H,2,6-9H2,1H3;1H. The van der Waals surface area contributed by atoms with Crippen molar-refractivity contribution < 1.29 is 9.53 Å². The second-order valence-corrected chi connectivity index (χ2v) is 3.83. The van der Waals surface area contributed by atoms with Crippen molar-refractivity contribution in [1.82, 2.24) is 10.3 Å². The van der Waals surface area contributed by atoms with Gasteiger partial charge in [0.05, 0.1) is 6.61 Å². The zero-order valence-corrected chi connectivity index (χ0v) is 11.2. The zero-order chi connectivity index (χ0) is 12.1. The van der Waals surface area contributed by atoms with Gasteiger partial charge in [-0.3, -0.25) is 0 Å². The largest absolute Gasteiger partial charge is 0.462 e. The van der Waals surface area contributed by atoms with Crippen LogP contribution in [-0.4, -0.2) is 43.7 Å². The van der Waals surface area contributed by atoms with Crippen molar-refractivity contribution in [3.8, 4) is 0 Å². The summed E-state index contributed by atoms with van der Waals surface area (Å²) in [5.41, 5.74) is 0.552. The summed E-state index contributed by atoms with van der Waals surface area (Å²) >= 11 is 0. The van der Waals surface area contributed by atoms with Crippen molar-refractivity contribution in [3.05, 3.63) is 23.9 Å². The first-order valence-corrected chi connectivity index (χ1v) is 5.90. The summed E-state index contributed by atoms with van der Waals surface area (Å²) in [6.45, 7) is 5.75. The molecule has 1 aromatic heterocycles. The van der Waals surface area contributed by atoms with Crippen LogP contribution in [0.3, 0.4) is 0 Å². The molecule has 0 spiro atoms. The van der Waals surface area contributed by atoms with Crippen LogP contribution in [0, 0.1) is 0 Å². The van der Waals surface area contributed by atoms with E-state index in [1.165, 1.54) is 0 Å². The summed E-state index contributed by atoms with van der Waals surface area (Å²) in [7, 11) is 0. The van der Waals surface area contributed by atoms with Crippen molar-refractivity contribution in [2.45, 2.75) is 6.92 Å². The molecule has 2 heterocycles. The van der Waals surface area contributed by atoms with Crippen LogP contribution >= 0.6 is 12.4 Å². The molecular formula is C12H18ClN3O2. The molecule has 1 saturated heterocycles. The Hall–Kier alpha value is -1.33. The van der Waals surface area contributed by atoms with Gasteiger partial charge in [0.2, 0.25) is 0 Å². The number of nitrogens with zero attached hydrogens (tertiary/aromatic N) is 2. The van der Waals surface area contributed by atoms with E-state index in [1.807, 2.05) is 0 Å². The monoisotopic (exact) mass is 271 g/mol. The number of nitrogens with one attached hydrogen (secondary N) is 1. The Morgan fingerprint density at radius 1 is 1.50 bits per heavy atom. The third-order valence-electron chi connectivity index (χ3n) is 2.70. The normalized spacial score (nSPS) is 14.8. The molecule has 0 aliphatic carbocycles. The number of hydrogen-bond acceptors (Lipinski definition) is 5. The van der Waals surface area contributed by atoms with E-state index in [0.29, 0.717) is 12.2 Å². The molecule has 5 nitrogen and oxygen atoms in total. The van der Waals surface area contributed by atoms with E-state index in [2.05, 4.69) is 15.2 Å². The fourth-order valence-electron chi connectivity index (χ4n) is 1.89. The van der Waals surface area contributed by atoms with E-state index in [9.17, 15) is 4.79 Å². The van der Waals surface area contributed by atoms with Gasteiger partial charge >= 0.3 is 5.97 Å². The first kappa shape index (κ1) is 14.7. The maximum atomic E-state index is 11.8. The lowest BCUT2D eigenvalue weighted by Gasteiger charge is -2.29. The minimum Gasteiger partial charge on any atom is -0.462 e. The lowest BCUT2D eigenvalue weighted by Crippen LogP contribution is -2.44. The second-order valence-electron chi connectivity index (χ2n) is 3.83. The first-order valence-electron chi connectivity index (χ1n) is 5.90. The highest BCUT2D eigenvalue weighted by Gasteiger charge is 2.19. The van der Waals surface area contributed by atoms with Crippen molar-refractivity contribution in [2.24, 2.45) is 0 Å². The molecule has 1 N–H and O–H groups in total. The SMILES string of the molecule is CCOC(=O)c1cccnc1N1CCNCC1.Cl. The van der Waals surface area contributed by atoms with Gasteiger partial charge in [0.15, 0.2) is 0 Å². The molecule has 100 valence electrons. The van der Waals surface area contributed by atoms with Gasteiger partial charge in [-0.05, 0) is 19.1 Å². The third-order valence-corrected chi connectivity index (χ3v) is 2.70. The number of esters is 1. The lowest BCUT2D eigenvalue weighted by atomic mass is 10.2. The number of ether oxygens (including phenoxy) is 1. The van der Waals surface area contributed by atoms with Crippen molar-refractivity contribution in [1.29, 1.82) is 0 Å². The first-order chi connectivity index (χ1) is 8.33. The quantitative estimate of drug-likeness (QED) is 0.834. The Kier molecular flexibility index (Phi) is 5.88. The molecule has 1 aliphatic rings. The number of piperazine rings is 1. The molecule has 0 amide bonds. The Morgan fingerprint density at radius 2 is 2.22 bits per heavy atom. The maximum Gasteiger partial charge on any atom is 0.341 e. The molecule has 0 atom stereocenters. The van der Waals surface area contributed by atoms with Crippen LogP contribution in [0.15, 0.2) is 18.3 Å². The Labute approximate surface area is 113 Å². The van der Waals surface area contributed by atoms with Gasteiger partial charge in [-0.1, -0.05) is 0 Å². The molecular weight excluding hydrogens is 254 g/mol. The van der Waals surface area contributed by atoms with Gasteiger partial charge in [0, 0.05) is 32.4 Å². The van der Waals surface area contributed by atoms with Gasteiger partial charge < -0.3 is 15.0 Å². The molecule has 1 aliphatic heterocycles. The number of aromatic nitrogens is 1. The predicted molar refractivity (Wildman–Crippen MR) is 72.5 cm³/mol. The van der Waals surface area contributed by atoms with Crippen LogP contribution in [0.5, 0.6) is 0 Å². The average Bonchev–Trinajstić information content (AvgIpc) is 2.40. The number of carbonyl (C=O) groups is 1. The topological polar surface area (TPSA) is 54.5 Å². The zero-order valence-electron chi connectivity index (χ0n) is 10.4. The summed E-state index contributed by atoms with van der Waals surface area (Å²) < 4.78 is 5.04. The highest BCUT2D eigenvalue weighted by Crippen LogP contribution is 2.18. The summed E-state index contributed by atoms with van der Waals surface area (Å²) in [6.07, 6.45) is 1.71. The molecule has 1 aromatic rings. The molecule has 0 radical (unpaired) electrons. The van der Waals surface area contributed by atoms with Crippen LogP contribution in [0.4, 0.5) is 5.82 Å². The number of hydrogen-bond donors (Lipinski definition) is 1. The van der Waals surface area contributed by atoms with E-state index in [0.717, 1.165) is 32.0 Å². The maximum absolute atomic E-state index is 11.8. The van der Waals surface area contributed by atoms with Crippen LogP contribution in [0.1, 0.15) is 17.3 Å². The summed E-state index contributed by atoms with van der Waals surface area (Å²) in [4.78, 5) is 18.2. The van der Waals surface area contributed by atoms with E-state index >= 15 is 0 Å². The van der Waals surface area contributed by atoms with Gasteiger partial charge in [0.25, 0.3) is 0 Å². The fraction of sp³-hybridized carbons (Fsp3) is 0.500. The molecule has 2 rings (SSSR count). The number of anilines is 1. The highest BCUT2D eigenvalue weighted by atomic mass is 35.5. The Balaban J connectivity index is 0.00000162. The molecule has 0 aromatic carbocycles.